The smallest absolute Gasteiger partial charge is 0.197 e. The van der Waals surface area contributed by atoms with Crippen molar-refractivity contribution in [1.82, 2.24) is 0 Å². The number of allylic oxidation sites excluding steroid dienone is 2. The molecule has 0 N–H and O–H groups in total. The van der Waals surface area contributed by atoms with Crippen LogP contribution >= 0.6 is 0 Å². The highest BCUT2D eigenvalue weighted by Crippen LogP contribution is 2.49. The molecule has 0 fully saturated rings. The van der Waals surface area contributed by atoms with Gasteiger partial charge in [-0.25, -0.2) is 17.6 Å². The molecule has 2 atom stereocenters. The van der Waals surface area contributed by atoms with Crippen LogP contribution in [0.4, 0.5) is 17.6 Å². The third kappa shape index (κ3) is 1.16. The summed E-state index contributed by atoms with van der Waals surface area (Å²) in [6, 6.07) is 0. The largest absolute Gasteiger partial charge is 0.294 e. The number of carbonyl (C=O) groups excluding carboxylic acids is 1. The van der Waals surface area contributed by atoms with Crippen LogP contribution in [0.2, 0.25) is 0 Å². The Bertz CT molecular complexity index is 577. The molecule has 2 bridgehead atoms. The van der Waals surface area contributed by atoms with E-state index in [-0.39, 0.29) is 17.5 Å². The number of halogens is 4. The van der Waals surface area contributed by atoms with Gasteiger partial charge in [0, 0.05) is 17.0 Å². The highest BCUT2D eigenvalue weighted by Gasteiger charge is 2.43. The van der Waals surface area contributed by atoms with Crippen LogP contribution in [0.15, 0.2) is 12.2 Å². The van der Waals surface area contributed by atoms with Gasteiger partial charge in [-0.2, -0.15) is 0 Å². The molecule has 0 aromatic heterocycles. The summed E-state index contributed by atoms with van der Waals surface area (Å²) in [6.45, 7) is 0. The minimum atomic E-state index is -1.85. The summed E-state index contributed by atoms with van der Waals surface area (Å²) in [4.78, 5) is 11.5. The van der Waals surface area contributed by atoms with Gasteiger partial charge in [-0.05, 0) is 12.5 Å². The Morgan fingerprint density at radius 3 is 2.18 bits per heavy atom. The van der Waals surface area contributed by atoms with Gasteiger partial charge in [0.25, 0.3) is 0 Å². The van der Waals surface area contributed by atoms with Gasteiger partial charge in [-0.3, -0.25) is 4.79 Å². The number of fused-ring (bicyclic) bond motifs is 5. The molecule has 2 aliphatic rings. The molecule has 0 saturated carbocycles. The summed E-state index contributed by atoms with van der Waals surface area (Å²) in [6.07, 6.45) is 2.81. The van der Waals surface area contributed by atoms with Crippen LogP contribution in [0.3, 0.4) is 0 Å². The minimum absolute atomic E-state index is 0.182. The van der Waals surface area contributed by atoms with Crippen molar-refractivity contribution in [3.05, 3.63) is 46.5 Å². The number of benzene rings is 1. The average Bonchev–Trinajstić information content (AvgIpc) is 2.64. The Morgan fingerprint density at radius 1 is 0.941 bits per heavy atom. The summed E-state index contributed by atoms with van der Waals surface area (Å²) >= 11 is 0. The predicted molar refractivity (Wildman–Crippen MR) is 50.5 cm³/mol. The summed E-state index contributed by atoms with van der Waals surface area (Å²) in [5.74, 6) is -8.31. The van der Waals surface area contributed by atoms with Gasteiger partial charge >= 0.3 is 0 Å². The standard InChI is InChI=1S/C12H6F4O/c13-9-7-4-1-2-6(17)5(3-4)8(7)10(14)12(16)11(9)15/h1-2,4-5H,3H2. The van der Waals surface area contributed by atoms with E-state index in [1.165, 1.54) is 12.2 Å². The van der Waals surface area contributed by atoms with E-state index in [1.807, 2.05) is 0 Å². The Hall–Kier alpha value is -1.65. The Morgan fingerprint density at radius 2 is 1.53 bits per heavy atom. The first-order chi connectivity index (χ1) is 8.02. The molecule has 0 aliphatic heterocycles. The number of rotatable bonds is 0. The predicted octanol–water partition coefficient (Wildman–Crippen LogP) is 2.95. The van der Waals surface area contributed by atoms with E-state index in [1.54, 1.807) is 0 Å². The molecule has 1 nitrogen and oxygen atoms in total. The van der Waals surface area contributed by atoms with E-state index in [0.29, 0.717) is 0 Å². The van der Waals surface area contributed by atoms with E-state index in [9.17, 15) is 22.4 Å². The molecule has 5 heteroatoms. The number of ketones is 1. The summed E-state index contributed by atoms with van der Waals surface area (Å²) in [5.41, 5.74) is -0.532. The Balaban J connectivity index is 2.38. The van der Waals surface area contributed by atoms with Crippen molar-refractivity contribution >= 4 is 5.78 Å². The topological polar surface area (TPSA) is 17.1 Å². The number of carbonyl (C=O) groups is 1. The fraction of sp³-hybridized carbons (Fsp3) is 0.250. The lowest BCUT2D eigenvalue weighted by atomic mass is 9.91. The van der Waals surface area contributed by atoms with Crippen molar-refractivity contribution in [1.29, 1.82) is 0 Å². The van der Waals surface area contributed by atoms with Gasteiger partial charge in [0.15, 0.2) is 29.1 Å². The van der Waals surface area contributed by atoms with Crippen LogP contribution < -0.4 is 0 Å². The van der Waals surface area contributed by atoms with Gasteiger partial charge in [-0.15, -0.1) is 0 Å². The van der Waals surface area contributed by atoms with E-state index >= 15 is 0 Å². The molecule has 0 amide bonds. The molecule has 0 spiro atoms. The first-order valence-electron chi connectivity index (χ1n) is 5.10. The lowest BCUT2D eigenvalue weighted by Gasteiger charge is -2.11. The lowest BCUT2D eigenvalue weighted by molar-refractivity contribution is -0.116. The lowest BCUT2D eigenvalue weighted by Crippen LogP contribution is -2.11. The van der Waals surface area contributed by atoms with E-state index in [0.717, 1.165) is 0 Å². The van der Waals surface area contributed by atoms with Crippen molar-refractivity contribution in [2.45, 2.75) is 18.3 Å². The maximum absolute atomic E-state index is 13.6. The van der Waals surface area contributed by atoms with Crippen molar-refractivity contribution < 1.29 is 22.4 Å². The highest BCUT2D eigenvalue weighted by atomic mass is 19.2. The maximum Gasteiger partial charge on any atom is 0.197 e. The van der Waals surface area contributed by atoms with Crippen molar-refractivity contribution in [2.75, 3.05) is 0 Å². The van der Waals surface area contributed by atoms with E-state index < -0.39 is 40.9 Å². The molecule has 2 aliphatic carbocycles. The normalized spacial score (nSPS) is 25.3. The molecule has 2 unspecified atom stereocenters. The molecule has 1 aromatic carbocycles. The van der Waals surface area contributed by atoms with Crippen molar-refractivity contribution in [3.63, 3.8) is 0 Å². The van der Waals surface area contributed by atoms with Crippen LogP contribution in [0.5, 0.6) is 0 Å². The van der Waals surface area contributed by atoms with Crippen LogP contribution in [0, 0.1) is 23.3 Å². The minimum Gasteiger partial charge on any atom is -0.294 e. The molecular weight excluding hydrogens is 236 g/mol. The quantitative estimate of drug-likeness (QED) is 0.388. The first kappa shape index (κ1) is 10.5. The molecule has 0 heterocycles. The molecule has 0 radical (unpaired) electrons. The average molecular weight is 242 g/mol. The Labute approximate surface area is 93.7 Å². The van der Waals surface area contributed by atoms with Crippen molar-refractivity contribution in [3.8, 4) is 0 Å². The van der Waals surface area contributed by atoms with Crippen LogP contribution in [0.25, 0.3) is 0 Å². The third-order valence-electron chi connectivity index (χ3n) is 3.39. The summed E-state index contributed by atoms with van der Waals surface area (Å²) < 4.78 is 53.4. The van der Waals surface area contributed by atoms with Gasteiger partial charge in [0.1, 0.15) is 0 Å². The number of hydrogen-bond donors (Lipinski definition) is 0. The molecule has 3 rings (SSSR count). The van der Waals surface area contributed by atoms with Gasteiger partial charge in [-0.1, -0.05) is 6.08 Å². The third-order valence-corrected chi connectivity index (χ3v) is 3.39. The first-order valence-corrected chi connectivity index (χ1v) is 5.10. The summed E-state index contributed by atoms with van der Waals surface area (Å²) in [5, 5.41) is 0. The van der Waals surface area contributed by atoms with Crippen molar-refractivity contribution in [2.24, 2.45) is 0 Å². The molecule has 88 valence electrons. The second-order valence-electron chi connectivity index (χ2n) is 4.24. The Kier molecular flexibility index (Phi) is 1.97. The second kappa shape index (κ2) is 3.18. The zero-order valence-electron chi connectivity index (χ0n) is 8.44. The second-order valence-corrected chi connectivity index (χ2v) is 4.24. The molecule has 1 aromatic rings. The van der Waals surface area contributed by atoms with Gasteiger partial charge in [0.2, 0.25) is 0 Å². The molecule has 17 heavy (non-hydrogen) atoms. The fourth-order valence-electron chi connectivity index (χ4n) is 2.62. The van der Waals surface area contributed by atoms with E-state index in [2.05, 4.69) is 0 Å². The molecular formula is C12H6F4O. The molecule has 0 saturated heterocycles. The number of hydrogen-bond acceptors (Lipinski definition) is 1. The highest BCUT2D eigenvalue weighted by molar-refractivity contribution is 5.98. The van der Waals surface area contributed by atoms with Gasteiger partial charge < -0.3 is 0 Å². The zero-order valence-corrected chi connectivity index (χ0v) is 8.44. The van der Waals surface area contributed by atoms with E-state index in [4.69, 9.17) is 0 Å². The fourth-order valence-corrected chi connectivity index (χ4v) is 2.62. The SMILES string of the molecule is O=C1C=CC2CC1c1c(F)c(F)c(F)c(F)c12. The van der Waals surface area contributed by atoms with Crippen LogP contribution in [-0.4, -0.2) is 5.78 Å². The zero-order chi connectivity index (χ0) is 12.3. The monoisotopic (exact) mass is 242 g/mol. The van der Waals surface area contributed by atoms with Gasteiger partial charge in [0.05, 0.1) is 5.92 Å². The summed E-state index contributed by atoms with van der Waals surface area (Å²) in [7, 11) is 0. The van der Waals surface area contributed by atoms with Crippen LogP contribution in [-0.2, 0) is 4.79 Å². The maximum atomic E-state index is 13.6. The van der Waals surface area contributed by atoms with Crippen LogP contribution in [0.1, 0.15) is 29.4 Å².